The predicted octanol–water partition coefficient (Wildman–Crippen LogP) is 3.73. The van der Waals surface area contributed by atoms with Crippen molar-refractivity contribution in [3.8, 4) is 5.75 Å². The van der Waals surface area contributed by atoms with E-state index in [1.807, 2.05) is 18.2 Å². The van der Waals surface area contributed by atoms with Gasteiger partial charge in [-0.15, -0.1) is 0 Å². The molecular weight excluding hydrogens is 314 g/mol. The Kier molecular flexibility index (Phi) is 4.84. The van der Waals surface area contributed by atoms with Crippen LogP contribution in [0.2, 0.25) is 5.02 Å². The number of hydrogen-bond acceptors (Lipinski definition) is 3. The van der Waals surface area contributed by atoms with Crippen LogP contribution < -0.4 is 10.1 Å². The molecule has 0 unspecified atom stereocenters. The maximum atomic E-state index is 12.0. The maximum Gasteiger partial charge on any atom is 0.262 e. The fourth-order valence-corrected chi connectivity index (χ4v) is 3.02. The van der Waals surface area contributed by atoms with E-state index in [9.17, 15) is 9.90 Å². The Hall–Kier alpha value is -2.04. The summed E-state index contributed by atoms with van der Waals surface area (Å²) in [4.78, 5) is 12.0. The molecule has 2 N–H and O–H groups in total. The Labute approximate surface area is 140 Å². The zero-order valence-electron chi connectivity index (χ0n) is 12.6. The molecule has 2 aromatic carbocycles. The molecule has 0 spiro atoms. The minimum Gasteiger partial charge on any atom is -0.483 e. The van der Waals surface area contributed by atoms with Gasteiger partial charge in [-0.25, -0.2) is 0 Å². The lowest BCUT2D eigenvalue weighted by molar-refractivity contribution is -0.118. The Morgan fingerprint density at radius 1 is 1.30 bits per heavy atom. The van der Waals surface area contributed by atoms with Crippen molar-refractivity contribution in [1.82, 2.24) is 0 Å². The van der Waals surface area contributed by atoms with Crippen LogP contribution in [0.5, 0.6) is 5.75 Å². The molecule has 0 saturated carbocycles. The number of benzene rings is 2. The van der Waals surface area contributed by atoms with E-state index < -0.39 is 6.10 Å². The summed E-state index contributed by atoms with van der Waals surface area (Å²) in [6.45, 7) is -0.0843. The number of carbonyl (C=O) groups excluding carboxylic acids is 1. The van der Waals surface area contributed by atoms with Crippen LogP contribution in [0.3, 0.4) is 0 Å². The van der Waals surface area contributed by atoms with Gasteiger partial charge >= 0.3 is 0 Å². The first kappa shape index (κ1) is 15.8. The molecule has 1 aliphatic rings. The van der Waals surface area contributed by atoms with E-state index in [1.54, 1.807) is 24.3 Å². The summed E-state index contributed by atoms with van der Waals surface area (Å²) in [5.74, 6) is 0.420. The summed E-state index contributed by atoms with van der Waals surface area (Å²) in [7, 11) is 0. The van der Waals surface area contributed by atoms with Gasteiger partial charge in [0.2, 0.25) is 0 Å². The molecule has 0 radical (unpaired) electrons. The van der Waals surface area contributed by atoms with Crippen LogP contribution in [0.25, 0.3) is 0 Å². The van der Waals surface area contributed by atoms with Crippen molar-refractivity contribution in [1.29, 1.82) is 0 Å². The van der Waals surface area contributed by atoms with Crippen LogP contribution in [-0.2, 0) is 11.2 Å². The average Bonchev–Trinajstić information content (AvgIpc) is 2.53. The highest BCUT2D eigenvalue weighted by molar-refractivity contribution is 6.30. The van der Waals surface area contributed by atoms with Gasteiger partial charge in [0.1, 0.15) is 5.75 Å². The van der Waals surface area contributed by atoms with E-state index in [0.29, 0.717) is 16.5 Å². The van der Waals surface area contributed by atoms with E-state index in [0.717, 1.165) is 30.4 Å². The number of hydrogen-bond donors (Lipinski definition) is 2. The number of rotatable bonds is 4. The van der Waals surface area contributed by atoms with Crippen molar-refractivity contribution in [3.63, 3.8) is 0 Å². The monoisotopic (exact) mass is 331 g/mol. The number of ether oxygens (including phenoxy) is 1. The topological polar surface area (TPSA) is 58.6 Å². The van der Waals surface area contributed by atoms with Crippen LogP contribution in [0.15, 0.2) is 42.5 Å². The molecule has 1 aliphatic carbocycles. The van der Waals surface area contributed by atoms with Gasteiger partial charge in [-0.1, -0.05) is 29.8 Å². The Morgan fingerprint density at radius 2 is 2.13 bits per heavy atom. The third-order valence-electron chi connectivity index (χ3n) is 3.90. The van der Waals surface area contributed by atoms with Crippen molar-refractivity contribution in [2.45, 2.75) is 25.4 Å². The zero-order valence-corrected chi connectivity index (χ0v) is 13.3. The first-order valence-corrected chi connectivity index (χ1v) is 7.99. The van der Waals surface area contributed by atoms with Gasteiger partial charge in [0.05, 0.1) is 6.10 Å². The fourth-order valence-electron chi connectivity index (χ4n) is 2.83. The molecule has 0 aromatic heterocycles. The van der Waals surface area contributed by atoms with E-state index >= 15 is 0 Å². The second kappa shape index (κ2) is 7.02. The summed E-state index contributed by atoms with van der Waals surface area (Å²) < 4.78 is 5.66. The van der Waals surface area contributed by atoms with Gasteiger partial charge in [0.25, 0.3) is 5.91 Å². The van der Waals surface area contributed by atoms with Crippen LogP contribution in [0.4, 0.5) is 5.69 Å². The number of halogens is 1. The van der Waals surface area contributed by atoms with Gasteiger partial charge in [-0.2, -0.15) is 0 Å². The largest absolute Gasteiger partial charge is 0.483 e. The molecule has 120 valence electrons. The average molecular weight is 332 g/mol. The Bertz CT molecular complexity index is 717. The van der Waals surface area contributed by atoms with E-state index in [4.69, 9.17) is 16.3 Å². The van der Waals surface area contributed by atoms with Crippen LogP contribution >= 0.6 is 11.6 Å². The van der Waals surface area contributed by atoms with Crippen LogP contribution in [0.1, 0.15) is 30.1 Å². The lowest BCUT2D eigenvalue weighted by Crippen LogP contribution is -2.21. The summed E-state index contributed by atoms with van der Waals surface area (Å²) in [5, 5.41) is 13.3. The third kappa shape index (κ3) is 3.84. The van der Waals surface area contributed by atoms with Gasteiger partial charge < -0.3 is 15.2 Å². The smallest absolute Gasteiger partial charge is 0.262 e. The molecule has 3 rings (SSSR count). The maximum absolute atomic E-state index is 12.0. The van der Waals surface area contributed by atoms with Crippen molar-refractivity contribution >= 4 is 23.2 Å². The minimum absolute atomic E-state index is 0.0843. The normalized spacial score (nSPS) is 16.5. The Morgan fingerprint density at radius 3 is 2.96 bits per heavy atom. The molecular formula is C18H18ClNO3. The fraction of sp³-hybridized carbons (Fsp3) is 0.278. The highest BCUT2D eigenvalue weighted by Crippen LogP contribution is 2.35. The van der Waals surface area contributed by atoms with E-state index in [2.05, 4.69) is 5.32 Å². The molecule has 0 saturated heterocycles. The number of carbonyl (C=O) groups is 1. The Balaban J connectivity index is 1.64. The van der Waals surface area contributed by atoms with Gasteiger partial charge in [-0.05, 0) is 54.7 Å². The summed E-state index contributed by atoms with van der Waals surface area (Å²) in [6, 6.07) is 12.6. The number of aliphatic hydroxyl groups excluding tert-OH is 1. The third-order valence-corrected chi connectivity index (χ3v) is 4.13. The van der Waals surface area contributed by atoms with Crippen molar-refractivity contribution in [2.75, 3.05) is 11.9 Å². The molecule has 1 amide bonds. The molecule has 23 heavy (non-hydrogen) atoms. The van der Waals surface area contributed by atoms with Crippen molar-refractivity contribution in [3.05, 3.63) is 58.6 Å². The summed E-state index contributed by atoms with van der Waals surface area (Å²) >= 11 is 5.89. The highest BCUT2D eigenvalue weighted by atomic mass is 35.5. The molecule has 0 heterocycles. The number of aliphatic hydroxyl groups is 1. The lowest BCUT2D eigenvalue weighted by Gasteiger charge is -2.23. The molecule has 5 heteroatoms. The van der Waals surface area contributed by atoms with Crippen molar-refractivity contribution < 1.29 is 14.6 Å². The second-order valence-electron chi connectivity index (χ2n) is 5.58. The molecule has 2 aromatic rings. The van der Waals surface area contributed by atoms with Gasteiger partial charge in [0.15, 0.2) is 6.61 Å². The highest BCUT2D eigenvalue weighted by Gasteiger charge is 2.21. The van der Waals surface area contributed by atoms with Gasteiger partial charge in [0, 0.05) is 10.7 Å². The van der Waals surface area contributed by atoms with E-state index in [1.165, 1.54) is 0 Å². The van der Waals surface area contributed by atoms with Gasteiger partial charge in [-0.3, -0.25) is 4.79 Å². The molecule has 4 nitrogen and oxygen atoms in total. The van der Waals surface area contributed by atoms with Crippen LogP contribution in [-0.4, -0.2) is 17.6 Å². The van der Waals surface area contributed by atoms with Crippen LogP contribution in [0, 0.1) is 0 Å². The zero-order chi connectivity index (χ0) is 16.2. The SMILES string of the molecule is O=C(COc1cccc2c1CCC[C@H]2O)Nc1cccc(Cl)c1. The summed E-state index contributed by atoms with van der Waals surface area (Å²) in [6.07, 6.45) is 2.11. The first-order chi connectivity index (χ1) is 11.1. The molecule has 0 bridgehead atoms. The predicted molar refractivity (Wildman–Crippen MR) is 89.9 cm³/mol. The number of fused-ring (bicyclic) bond motifs is 1. The number of nitrogens with one attached hydrogen (secondary N) is 1. The first-order valence-electron chi connectivity index (χ1n) is 7.61. The molecule has 0 aliphatic heterocycles. The summed E-state index contributed by atoms with van der Waals surface area (Å²) in [5.41, 5.74) is 2.54. The number of anilines is 1. The van der Waals surface area contributed by atoms with E-state index in [-0.39, 0.29) is 12.5 Å². The quantitative estimate of drug-likeness (QED) is 0.897. The standard InChI is InChI=1S/C18H18ClNO3/c19-12-4-1-5-13(10-12)20-18(22)11-23-17-9-3-6-14-15(17)7-2-8-16(14)21/h1,3-6,9-10,16,21H,2,7-8,11H2,(H,20,22)/t16-/m1/s1. The van der Waals surface area contributed by atoms with Crippen molar-refractivity contribution in [2.24, 2.45) is 0 Å². The molecule has 0 fully saturated rings. The minimum atomic E-state index is -0.442. The lowest BCUT2D eigenvalue weighted by atomic mass is 9.89. The molecule has 1 atom stereocenters. The second-order valence-corrected chi connectivity index (χ2v) is 6.02. The number of amides is 1.